The Kier molecular flexibility index (Phi) is 6.56. The number of hydrogen-bond acceptors (Lipinski definition) is 7. The fourth-order valence-electron chi connectivity index (χ4n) is 4.83. The van der Waals surface area contributed by atoms with E-state index in [4.69, 9.17) is 9.26 Å². The van der Waals surface area contributed by atoms with Gasteiger partial charge < -0.3 is 19.9 Å². The Labute approximate surface area is 233 Å². The zero-order valence-electron chi connectivity index (χ0n) is 22.2. The number of benzene rings is 1. The number of amides is 2. The highest BCUT2D eigenvalue weighted by Gasteiger charge is 2.56. The molecule has 4 aromatic rings. The van der Waals surface area contributed by atoms with Gasteiger partial charge in [-0.1, -0.05) is 5.16 Å². The lowest BCUT2D eigenvalue weighted by atomic mass is 10.0. The van der Waals surface area contributed by atoms with Gasteiger partial charge in [0.2, 0.25) is 11.8 Å². The zero-order chi connectivity index (χ0) is 28.7. The van der Waals surface area contributed by atoms with E-state index in [1.807, 2.05) is 13.8 Å². The summed E-state index contributed by atoms with van der Waals surface area (Å²) in [4.78, 5) is 34.7. The number of anilines is 1. The molecule has 2 aliphatic carbocycles. The summed E-state index contributed by atoms with van der Waals surface area (Å²) in [5, 5.41) is 9.98. The lowest BCUT2D eigenvalue weighted by Gasteiger charge is -2.22. The van der Waals surface area contributed by atoms with E-state index in [1.165, 1.54) is 30.3 Å². The molecule has 2 aliphatic rings. The molecule has 11 heteroatoms. The highest BCUT2D eigenvalue weighted by atomic mass is 19.1. The highest BCUT2D eigenvalue weighted by Crippen LogP contribution is 2.47. The van der Waals surface area contributed by atoms with Crippen molar-refractivity contribution in [2.24, 2.45) is 5.41 Å². The van der Waals surface area contributed by atoms with E-state index < -0.39 is 34.9 Å². The highest BCUT2D eigenvalue weighted by molar-refractivity contribution is 6.13. The number of nitrogens with zero attached hydrogens (tertiary/aromatic N) is 3. The molecular weight excluding hydrogens is 532 g/mol. The lowest BCUT2D eigenvalue weighted by Crippen LogP contribution is -2.44. The maximum absolute atomic E-state index is 15.1. The number of halogens is 2. The third-order valence-corrected chi connectivity index (χ3v) is 7.27. The summed E-state index contributed by atoms with van der Waals surface area (Å²) in [6.45, 7) is 3.64. The summed E-state index contributed by atoms with van der Waals surface area (Å²) >= 11 is 0. The molecular formula is C30H25F2N5O4. The van der Waals surface area contributed by atoms with Gasteiger partial charge in [0.05, 0.1) is 33.9 Å². The van der Waals surface area contributed by atoms with E-state index in [0.717, 1.165) is 5.56 Å². The van der Waals surface area contributed by atoms with Crippen LogP contribution in [0.25, 0.3) is 22.2 Å². The number of carbonyl (C=O) groups excluding carboxylic acids is 2. The van der Waals surface area contributed by atoms with Gasteiger partial charge in [0.25, 0.3) is 0 Å². The number of aryl methyl sites for hydroxylation is 2. The van der Waals surface area contributed by atoms with Gasteiger partial charge in [-0.15, -0.1) is 0 Å². The molecule has 1 saturated carbocycles. The standard InChI is InChI=1S/C30H25F2N5O4/c1-16-27(17(2)41-37-16)24-14-23-21(15-34-24)25(9-12-33-23)40-26-8-7-20(13-22(26)32)36-29(39)30(10-11-30)28(38)35-19-5-3-18(31)4-6-19/h3-6,8-9,12-15,20H,7,10-11H2,1-2H3,(H,35,38)(H,36,39). The molecule has 1 unspecified atom stereocenters. The first kappa shape index (κ1) is 26.3. The molecule has 1 aromatic carbocycles. The molecule has 0 saturated heterocycles. The number of fused-ring (bicyclic) bond motifs is 1. The maximum Gasteiger partial charge on any atom is 0.240 e. The fraction of sp³-hybridized carbons (Fsp3) is 0.233. The van der Waals surface area contributed by atoms with E-state index in [9.17, 15) is 14.0 Å². The third-order valence-electron chi connectivity index (χ3n) is 7.27. The number of aromatic nitrogens is 3. The molecule has 1 fully saturated rings. The van der Waals surface area contributed by atoms with E-state index >= 15 is 4.39 Å². The van der Waals surface area contributed by atoms with Crippen LogP contribution in [-0.2, 0) is 9.59 Å². The Balaban J connectivity index is 1.12. The van der Waals surface area contributed by atoms with Crippen LogP contribution in [0.2, 0.25) is 0 Å². The maximum atomic E-state index is 15.1. The molecule has 208 valence electrons. The van der Waals surface area contributed by atoms with Gasteiger partial charge in [0.15, 0.2) is 11.6 Å². The molecule has 1 atom stereocenters. The SMILES string of the molecule is Cc1noc(C)c1-c1cc2nccc(OC3=CCC(NC(=O)C4(C(=O)Nc5ccc(F)cc5)CC4)C=C3F)c2cn1. The van der Waals surface area contributed by atoms with Crippen molar-refractivity contribution in [3.05, 3.63) is 89.8 Å². The Morgan fingerprint density at radius 3 is 2.54 bits per heavy atom. The second kappa shape index (κ2) is 10.2. The number of nitrogens with one attached hydrogen (secondary N) is 2. The van der Waals surface area contributed by atoms with Crippen molar-refractivity contribution in [3.63, 3.8) is 0 Å². The molecule has 0 bridgehead atoms. The molecule has 6 rings (SSSR count). The largest absolute Gasteiger partial charge is 0.454 e. The molecule has 0 aliphatic heterocycles. The van der Waals surface area contributed by atoms with Gasteiger partial charge in [-0.25, -0.2) is 8.78 Å². The zero-order valence-corrected chi connectivity index (χ0v) is 22.2. The smallest absolute Gasteiger partial charge is 0.240 e. The molecule has 2 amide bonds. The Morgan fingerprint density at radius 1 is 1.07 bits per heavy atom. The van der Waals surface area contributed by atoms with Gasteiger partial charge in [0, 0.05) is 18.1 Å². The number of hydrogen-bond donors (Lipinski definition) is 2. The minimum absolute atomic E-state index is 0.00740. The van der Waals surface area contributed by atoms with Crippen LogP contribution in [0.5, 0.6) is 5.75 Å². The summed E-state index contributed by atoms with van der Waals surface area (Å²) in [6, 6.07) is 8.05. The Bertz CT molecular complexity index is 1720. The molecule has 3 heterocycles. The predicted molar refractivity (Wildman–Crippen MR) is 146 cm³/mol. The quantitative estimate of drug-likeness (QED) is 0.290. The normalized spacial score (nSPS) is 17.4. The predicted octanol–water partition coefficient (Wildman–Crippen LogP) is 5.46. The topological polar surface area (TPSA) is 119 Å². The lowest BCUT2D eigenvalue weighted by molar-refractivity contribution is -0.134. The Morgan fingerprint density at radius 2 is 1.85 bits per heavy atom. The molecule has 3 aromatic heterocycles. The minimum atomic E-state index is -1.23. The van der Waals surface area contributed by atoms with Crippen LogP contribution in [0.4, 0.5) is 14.5 Å². The third kappa shape index (κ3) is 5.06. The van der Waals surface area contributed by atoms with Crippen LogP contribution in [0.3, 0.4) is 0 Å². The first-order valence-electron chi connectivity index (χ1n) is 13.1. The van der Waals surface area contributed by atoms with Crippen molar-refractivity contribution in [1.82, 2.24) is 20.4 Å². The van der Waals surface area contributed by atoms with E-state index in [2.05, 4.69) is 25.8 Å². The first-order chi connectivity index (χ1) is 19.7. The van der Waals surface area contributed by atoms with Crippen LogP contribution in [-0.4, -0.2) is 33.0 Å². The minimum Gasteiger partial charge on any atom is -0.454 e. The van der Waals surface area contributed by atoms with Crippen molar-refractivity contribution >= 4 is 28.4 Å². The number of allylic oxidation sites excluding steroid dienone is 1. The summed E-state index contributed by atoms with van der Waals surface area (Å²) in [6.07, 6.45) is 7.00. The van der Waals surface area contributed by atoms with E-state index in [0.29, 0.717) is 52.3 Å². The van der Waals surface area contributed by atoms with Crippen LogP contribution >= 0.6 is 0 Å². The Hall–Kier alpha value is -4.93. The summed E-state index contributed by atoms with van der Waals surface area (Å²) in [5.74, 6) is -1.01. The summed E-state index contributed by atoms with van der Waals surface area (Å²) < 4.78 is 39.4. The van der Waals surface area contributed by atoms with Gasteiger partial charge >= 0.3 is 0 Å². The van der Waals surface area contributed by atoms with Crippen molar-refractivity contribution in [2.75, 3.05) is 5.32 Å². The number of rotatable bonds is 7. The van der Waals surface area contributed by atoms with Crippen LogP contribution in [0.1, 0.15) is 30.7 Å². The second-order valence-electron chi connectivity index (χ2n) is 10.1. The molecule has 41 heavy (non-hydrogen) atoms. The van der Waals surface area contributed by atoms with Gasteiger partial charge in [-0.3, -0.25) is 19.6 Å². The molecule has 9 nitrogen and oxygen atoms in total. The van der Waals surface area contributed by atoms with E-state index in [1.54, 1.807) is 30.6 Å². The van der Waals surface area contributed by atoms with Crippen LogP contribution in [0.15, 0.2) is 77.1 Å². The van der Waals surface area contributed by atoms with Crippen LogP contribution < -0.4 is 15.4 Å². The van der Waals surface area contributed by atoms with Crippen molar-refractivity contribution in [1.29, 1.82) is 0 Å². The monoisotopic (exact) mass is 557 g/mol. The average Bonchev–Trinajstić information content (AvgIpc) is 3.71. The molecule has 0 radical (unpaired) electrons. The molecule has 2 N–H and O–H groups in total. The van der Waals surface area contributed by atoms with Crippen LogP contribution in [0, 0.1) is 25.1 Å². The van der Waals surface area contributed by atoms with Gasteiger partial charge in [-0.05, 0) is 81.7 Å². The first-order valence-corrected chi connectivity index (χ1v) is 13.1. The van der Waals surface area contributed by atoms with Crippen molar-refractivity contribution < 1.29 is 27.6 Å². The number of pyridine rings is 2. The van der Waals surface area contributed by atoms with Crippen molar-refractivity contribution in [3.8, 4) is 17.0 Å². The summed E-state index contributed by atoms with van der Waals surface area (Å²) in [5.41, 5.74) is 1.92. The van der Waals surface area contributed by atoms with Gasteiger partial charge in [-0.2, -0.15) is 0 Å². The number of ether oxygens (including phenoxy) is 1. The van der Waals surface area contributed by atoms with Gasteiger partial charge in [0.1, 0.15) is 22.7 Å². The van der Waals surface area contributed by atoms with Crippen molar-refractivity contribution in [2.45, 2.75) is 39.2 Å². The average molecular weight is 558 g/mol. The second-order valence-corrected chi connectivity index (χ2v) is 10.1. The summed E-state index contributed by atoms with van der Waals surface area (Å²) in [7, 11) is 0. The molecule has 0 spiro atoms. The number of carbonyl (C=O) groups is 2. The van der Waals surface area contributed by atoms with E-state index in [-0.39, 0.29) is 12.2 Å². The fourth-order valence-corrected chi connectivity index (χ4v) is 4.83.